The average Bonchev–Trinajstić information content (AvgIpc) is 2.43. The van der Waals surface area contributed by atoms with Gasteiger partial charge in [0.05, 0.1) is 5.69 Å². The van der Waals surface area contributed by atoms with Crippen molar-refractivity contribution >= 4 is 11.6 Å². The average molecular weight is 190 g/mol. The highest BCUT2D eigenvalue weighted by atomic mass is 16.4. The lowest BCUT2D eigenvalue weighted by Gasteiger charge is -1.98. The fraction of sp³-hybridized carbons (Fsp3) is 0.200. The number of hydrogen-bond donors (Lipinski definition) is 1. The Bertz CT molecular complexity index is 514. The zero-order valence-electron chi connectivity index (χ0n) is 7.98. The molecule has 0 unspecified atom stereocenters. The van der Waals surface area contributed by atoms with Crippen LogP contribution in [0.4, 0.5) is 0 Å². The molecule has 2 heterocycles. The number of hydrogen-bond acceptors (Lipinski definition) is 2. The summed E-state index contributed by atoms with van der Waals surface area (Å²) in [7, 11) is 0. The topological polar surface area (TPSA) is 54.6 Å². The number of imidazole rings is 1. The maximum absolute atomic E-state index is 10.9. The molecule has 0 saturated carbocycles. The van der Waals surface area contributed by atoms with Crippen molar-refractivity contribution in [3.8, 4) is 0 Å². The lowest BCUT2D eigenvalue weighted by atomic mass is 10.3. The van der Waals surface area contributed by atoms with Crippen LogP contribution in [0.2, 0.25) is 0 Å². The van der Waals surface area contributed by atoms with Crippen LogP contribution in [0.5, 0.6) is 0 Å². The molecule has 1 N–H and O–H groups in total. The summed E-state index contributed by atoms with van der Waals surface area (Å²) < 4.78 is 1.79. The summed E-state index contributed by atoms with van der Waals surface area (Å²) in [5.41, 5.74) is 2.58. The van der Waals surface area contributed by atoms with E-state index >= 15 is 0 Å². The summed E-state index contributed by atoms with van der Waals surface area (Å²) in [5, 5.41) is 8.93. The maximum atomic E-state index is 10.9. The first-order valence-corrected chi connectivity index (χ1v) is 4.29. The predicted octanol–water partition coefficient (Wildman–Crippen LogP) is 1.65. The number of aryl methyl sites for hydroxylation is 2. The van der Waals surface area contributed by atoms with E-state index in [0.29, 0.717) is 5.65 Å². The molecule has 0 saturated heterocycles. The second-order valence-electron chi connectivity index (χ2n) is 3.20. The normalized spacial score (nSPS) is 10.7. The SMILES string of the molecule is Cc1nc2c(C(=O)O)cccn2c1C. The molecule has 0 atom stereocenters. The molecule has 0 amide bonds. The standard InChI is InChI=1S/C10H10N2O2/c1-6-7(2)12-5-3-4-8(10(13)14)9(12)11-6/h3-5H,1-2H3,(H,13,14). The van der Waals surface area contributed by atoms with E-state index < -0.39 is 5.97 Å². The van der Waals surface area contributed by atoms with Gasteiger partial charge in [0.15, 0.2) is 5.65 Å². The minimum atomic E-state index is -0.944. The molecule has 0 aromatic carbocycles. The van der Waals surface area contributed by atoms with Crippen molar-refractivity contribution in [1.29, 1.82) is 0 Å². The molecule has 0 aliphatic carbocycles. The second kappa shape index (κ2) is 2.83. The molecule has 0 aliphatic rings. The third kappa shape index (κ3) is 1.08. The highest BCUT2D eigenvalue weighted by Gasteiger charge is 2.12. The second-order valence-corrected chi connectivity index (χ2v) is 3.20. The van der Waals surface area contributed by atoms with E-state index in [-0.39, 0.29) is 5.56 Å². The summed E-state index contributed by atoms with van der Waals surface area (Å²) in [4.78, 5) is 15.1. The van der Waals surface area contributed by atoms with Gasteiger partial charge in [0.25, 0.3) is 0 Å². The molecule has 4 heteroatoms. The van der Waals surface area contributed by atoms with E-state index in [2.05, 4.69) is 4.98 Å². The molecule has 72 valence electrons. The van der Waals surface area contributed by atoms with E-state index in [1.54, 1.807) is 16.5 Å². The highest BCUT2D eigenvalue weighted by molar-refractivity contribution is 5.94. The number of aromatic carboxylic acids is 1. The number of aromatic nitrogens is 2. The third-order valence-corrected chi connectivity index (χ3v) is 2.36. The third-order valence-electron chi connectivity index (χ3n) is 2.36. The first-order chi connectivity index (χ1) is 6.61. The minimum absolute atomic E-state index is 0.240. The molecule has 2 aromatic rings. The minimum Gasteiger partial charge on any atom is -0.478 e. The number of carboxylic acids is 1. The molecule has 2 rings (SSSR count). The fourth-order valence-corrected chi connectivity index (χ4v) is 1.47. The lowest BCUT2D eigenvalue weighted by Crippen LogP contribution is -2.00. The summed E-state index contributed by atoms with van der Waals surface area (Å²) in [6, 6.07) is 3.27. The van der Waals surface area contributed by atoms with Gasteiger partial charge in [0, 0.05) is 11.9 Å². The molecule has 0 spiro atoms. The van der Waals surface area contributed by atoms with Crippen LogP contribution in [0, 0.1) is 13.8 Å². The van der Waals surface area contributed by atoms with Crippen LogP contribution in [0.25, 0.3) is 5.65 Å². The number of nitrogens with zero attached hydrogens (tertiary/aromatic N) is 2. The molecule has 0 bridgehead atoms. The van der Waals surface area contributed by atoms with Crippen LogP contribution in [0.3, 0.4) is 0 Å². The Morgan fingerprint density at radius 3 is 2.86 bits per heavy atom. The Morgan fingerprint density at radius 1 is 1.50 bits per heavy atom. The van der Waals surface area contributed by atoms with Gasteiger partial charge in [-0.1, -0.05) is 0 Å². The monoisotopic (exact) mass is 190 g/mol. The van der Waals surface area contributed by atoms with Gasteiger partial charge in [0.2, 0.25) is 0 Å². The molecular weight excluding hydrogens is 180 g/mol. The highest BCUT2D eigenvalue weighted by Crippen LogP contribution is 2.14. The Kier molecular flexibility index (Phi) is 1.77. The Morgan fingerprint density at radius 2 is 2.21 bits per heavy atom. The number of rotatable bonds is 1. The Labute approximate surface area is 80.8 Å². The predicted molar refractivity (Wildman–Crippen MR) is 51.6 cm³/mol. The molecule has 0 aliphatic heterocycles. The zero-order chi connectivity index (χ0) is 10.3. The van der Waals surface area contributed by atoms with E-state index in [4.69, 9.17) is 5.11 Å². The maximum Gasteiger partial charge on any atom is 0.339 e. The van der Waals surface area contributed by atoms with E-state index in [0.717, 1.165) is 11.4 Å². The van der Waals surface area contributed by atoms with Crippen molar-refractivity contribution in [3.05, 3.63) is 35.3 Å². The fourth-order valence-electron chi connectivity index (χ4n) is 1.47. The Balaban J connectivity index is 2.88. The number of fused-ring (bicyclic) bond motifs is 1. The van der Waals surface area contributed by atoms with Crippen molar-refractivity contribution in [2.24, 2.45) is 0 Å². The first kappa shape index (κ1) is 8.74. The van der Waals surface area contributed by atoms with E-state index in [1.807, 2.05) is 20.0 Å². The van der Waals surface area contributed by atoms with Crippen molar-refractivity contribution in [3.63, 3.8) is 0 Å². The molecular formula is C10H10N2O2. The van der Waals surface area contributed by atoms with Gasteiger partial charge in [-0.05, 0) is 26.0 Å². The van der Waals surface area contributed by atoms with Crippen molar-refractivity contribution < 1.29 is 9.90 Å². The summed E-state index contributed by atoms with van der Waals surface area (Å²) in [6.45, 7) is 3.79. The first-order valence-electron chi connectivity index (χ1n) is 4.29. The summed E-state index contributed by atoms with van der Waals surface area (Å²) in [6.07, 6.45) is 1.82. The molecule has 0 fully saturated rings. The molecule has 2 aromatic heterocycles. The largest absolute Gasteiger partial charge is 0.478 e. The van der Waals surface area contributed by atoms with Gasteiger partial charge in [0.1, 0.15) is 5.56 Å². The number of carboxylic acid groups (broad SMARTS) is 1. The van der Waals surface area contributed by atoms with Gasteiger partial charge >= 0.3 is 5.97 Å². The van der Waals surface area contributed by atoms with Crippen LogP contribution in [0.1, 0.15) is 21.7 Å². The van der Waals surface area contributed by atoms with Crippen LogP contribution in [0.15, 0.2) is 18.3 Å². The van der Waals surface area contributed by atoms with Gasteiger partial charge in [-0.3, -0.25) is 0 Å². The van der Waals surface area contributed by atoms with Gasteiger partial charge in [-0.25, -0.2) is 9.78 Å². The number of pyridine rings is 1. The van der Waals surface area contributed by atoms with Crippen LogP contribution < -0.4 is 0 Å². The summed E-state index contributed by atoms with van der Waals surface area (Å²) in [5.74, 6) is -0.944. The van der Waals surface area contributed by atoms with Crippen LogP contribution in [-0.4, -0.2) is 20.5 Å². The van der Waals surface area contributed by atoms with Crippen molar-refractivity contribution in [1.82, 2.24) is 9.38 Å². The van der Waals surface area contributed by atoms with Crippen molar-refractivity contribution in [2.45, 2.75) is 13.8 Å². The number of carbonyl (C=O) groups is 1. The smallest absolute Gasteiger partial charge is 0.339 e. The van der Waals surface area contributed by atoms with Crippen molar-refractivity contribution in [2.75, 3.05) is 0 Å². The Hall–Kier alpha value is -1.84. The quantitative estimate of drug-likeness (QED) is 0.743. The van der Waals surface area contributed by atoms with Gasteiger partial charge in [-0.2, -0.15) is 0 Å². The molecule has 0 radical (unpaired) electrons. The van der Waals surface area contributed by atoms with E-state index in [1.165, 1.54) is 0 Å². The van der Waals surface area contributed by atoms with Crippen LogP contribution in [-0.2, 0) is 0 Å². The molecule has 14 heavy (non-hydrogen) atoms. The lowest BCUT2D eigenvalue weighted by molar-refractivity contribution is 0.0698. The van der Waals surface area contributed by atoms with Gasteiger partial charge < -0.3 is 9.51 Å². The van der Waals surface area contributed by atoms with Gasteiger partial charge in [-0.15, -0.1) is 0 Å². The van der Waals surface area contributed by atoms with E-state index in [9.17, 15) is 4.79 Å². The molecule has 4 nitrogen and oxygen atoms in total. The van der Waals surface area contributed by atoms with Crippen LogP contribution >= 0.6 is 0 Å². The zero-order valence-corrected chi connectivity index (χ0v) is 7.98. The summed E-state index contributed by atoms with van der Waals surface area (Å²) >= 11 is 0.